The van der Waals surface area contributed by atoms with Gasteiger partial charge < -0.3 is 9.64 Å². The maximum absolute atomic E-state index is 13.3. The summed E-state index contributed by atoms with van der Waals surface area (Å²) in [5.74, 6) is -1.35. The molecule has 3 rings (SSSR count). The van der Waals surface area contributed by atoms with Gasteiger partial charge in [0.05, 0.1) is 0 Å². The van der Waals surface area contributed by atoms with Crippen molar-refractivity contribution in [1.82, 2.24) is 9.88 Å². The van der Waals surface area contributed by atoms with Crippen molar-refractivity contribution in [1.29, 1.82) is 0 Å². The summed E-state index contributed by atoms with van der Waals surface area (Å²) in [5, 5.41) is 2.33. The van der Waals surface area contributed by atoms with Gasteiger partial charge in [-0.15, -0.1) is 11.3 Å². The van der Waals surface area contributed by atoms with Gasteiger partial charge in [-0.25, -0.2) is 14.2 Å². The van der Waals surface area contributed by atoms with Crippen molar-refractivity contribution in [2.45, 2.75) is 20.4 Å². The average molecular weight is 412 g/mol. The number of amides is 1. The maximum Gasteiger partial charge on any atom is 0.358 e. The SMILES string of the molecule is CCN(Cc1cccc(F)c1)C(=O)COC(=O)c1csc(-c2ccc(C)cc2)n1. The lowest BCUT2D eigenvalue weighted by Gasteiger charge is -2.20. The summed E-state index contributed by atoms with van der Waals surface area (Å²) in [4.78, 5) is 30.5. The van der Waals surface area contributed by atoms with Gasteiger partial charge in [-0.1, -0.05) is 42.0 Å². The van der Waals surface area contributed by atoms with Crippen LogP contribution in [0.15, 0.2) is 53.9 Å². The highest BCUT2D eigenvalue weighted by Crippen LogP contribution is 2.24. The molecule has 7 heteroatoms. The van der Waals surface area contributed by atoms with Crippen LogP contribution in [-0.2, 0) is 16.1 Å². The molecule has 0 unspecified atom stereocenters. The lowest BCUT2D eigenvalue weighted by molar-refractivity contribution is -0.134. The number of esters is 1. The Morgan fingerprint density at radius 1 is 1.17 bits per heavy atom. The van der Waals surface area contributed by atoms with Crippen molar-refractivity contribution in [3.63, 3.8) is 0 Å². The van der Waals surface area contributed by atoms with E-state index in [1.807, 2.05) is 38.1 Å². The second-order valence-corrected chi connectivity index (χ2v) is 7.38. The van der Waals surface area contributed by atoms with Crippen LogP contribution in [0.25, 0.3) is 10.6 Å². The number of carbonyl (C=O) groups is 2. The molecule has 0 spiro atoms. The fourth-order valence-corrected chi connectivity index (χ4v) is 3.52. The van der Waals surface area contributed by atoms with Crippen molar-refractivity contribution in [2.75, 3.05) is 13.2 Å². The van der Waals surface area contributed by atoms with Gasteiger partial charge in [0, 0.05) is 24.0 Å². The van der Waals surface area contributed by atoms with Crippen LogP contribution in [-0.4, -0.2) is 34.9 Å². The summed E-state index contributed by atoms with van der Waals surface area (Å²) < 4.78 is 18.5. The number of hydrogen-bond donors (Lipinski definition) is 0. The molecule has 5 nitrogen and oxygen atoms in total. The van der Waals surface area contributed by atoms with Crippen LogP contribution >= 0.6 is 11.3 Å². The first-order valence-electron chi connectivity index (χ1n) is 9.18. The Morgan fingerprint density at radius 3 is 2.62 bits per heavy atom. The number of nitrogens with zero attached hydrogens (tertiary/aromatic N) is 2. The fourth-order valence-electron chi connectivity index (χ4n) is 2.72. The number of thiazole rings is 1. The topological polar surface area (TPSA) is 59.5 Å². The molecule has 1 amide bonds. The minimum atomic E-state index is -0.644. The van der Waals surface area contributed by atoms with Gasteiger partial charge in [-0.3, -0.25) is 4.79 Å². The van der Waals surface area contributed by atoms with Gasteiger partial charge in [-0.2, -0.15) is 0 Å². The van der Waals surface area contributed by atoms with E-state index in [-0.39, 0.29) is 30.6 Å². The second-order valence-electron chi connectivity index (χ2n) is 6.52. The van der Waals surface area contributed by atoms with Gasteiger partial charge in [0.25, 0.3) is 5.91 Å². The molecule has 3 aromatic rings. The first kappa shape index (κ1) is 20.7. The Balaban J connectivity index is 1.58. The molecular formula is C22H21FN2O3S. The Kier molecular flexibility index (Phi) is 6.72. The minimum Gasteiger partial charge on any atom is -0.451 e. The van der Waals surface area contributed by atoms with Crippen LogP contribution in [0.2, 0.25) is 0 Å². The first-order chi connectivity index (χ1) is 14.0. The van der Waals surface area contributed by atoms with Crippen LogP contribution in [0, 0.1) is 12.7 Å². The van der Waals surface area contributed by atoms with E-state index in [0.717, 1.165) is 11.1 Å². The lowest BCUT2D eigenvalue weighted by atomic mass is 10.2. The molecule has 0 aliphatic rings. The normalized spacial score (nSPS) is 10.6. The van der Waals surface area contributed by atoms with Crippen molar-refractivity contribution in [3.8, 4) is 10.6 Å². The predicted molar refractivity (Wildman–Crippen MR) is 110 cm³/mol. The Bertz CT molecular complexity index is 1000. The van der Waals surface area contributed by atoms with Gasteiger partial charge in [-0.05, 0) is 31.5 Å². The van der Waals surface area contributed by atoms with Gasteiger partial charge in [0.2, 0.25) is 0 Å². The zero-order valence-electron chi connectivity index (χ0n) is 16.2. The van der Waals surface area contributed by atoms with Crippen LogP contribution in [0.3, 0.4) is 0 Å². The quantitative estimate of drug-likeness (QED) is 0.538. The summed E-state index contributed by atoms with van der Waals surface area (Å²) >= 11 is 1.34. The first-order valence-corrected chi connectivity index (χ1v) is 10.1. The highest BCUT2D eigenvalue weighted by molar-refractivity contribution is 7.13. The summed E-state index contributed by atoms with van der Waals surface area (Å²) in [5.41, 5.74) is 2.91. The third kappa shape index (κ3) is 5.48. The van der Waals surface area contributed by atoms with Gasteiger partial charge in [0.15, 0.2) is 12.3 Å². The number of aromatic nitrogens is 1. The molecule has 0 aliphatic heterocycles. The van der Waals surface area contributed by atoms with Crippen LogP contribution in [0.5, 0.6) is 0 Å². The van der Waals surface area contributed by atoms with E-state index in [0.29, 0.717) is 17.1 Å². The summed E-state index contributed by atoms with van der Waals surface area (Å²) in [6.07, 6.45) is 0. The molecule has 1 aromatic heterocycles. The van der Waals surface area contributed by atoms with Crippen molar-refractivity contribution in [3.05, 3.63) is 76.5 Å². The molecular weight excluding hydrogens is 391 g/mol. The molecule has 0 atom stereocenters. The highest BCUT2D eigenvalue weighted by atomic mass is 32.1. The number of halogens is 1. The maximum atomic E-state index is 13.3. The van der Waals surface area contributed by atoms with E-state index >= 15 is 0 Å². The largest absolute Gasteiger partial charge is 0.451 e. The zero-order valence-corrected chi connectivity index (χ0v) is 17.0. The third-order valence-electron chi connectivity index (χ3n) is 4.34. The van der Waals surface area contributed by atoms with E-state index in [4.69, 9.17) is 4.74 Å². The molecule has 29 heavy (non-hydrogen) atoms. The molecule has 2 aromatic carbocycles. The standard InChI is InChI=1S/C22H21FN2O3S/c1-3-25(12-16-5-4-6-18(23)11-16)20(26)13-28-22(27)19-14-29-21(24-19)17-9-7-15(2)8-10-17/h4-11,14H,3,12-13H2,1-2H3. The molecule has 150 valence electrons. The molecule has 1 heterocycles. The molecule has 0 N–H and O–H groups in total. The third-order valence-corrected chi connectivity index (χ3v) is 5.23. The molecule has 0 radical (unpaired) electrons. The summed E-state index contributed by atoms with van der Waals surface area (Å²) in [6.45, 7) is 4.09. The Labute approximate surface area is 172 Å². The van der Waals surface area contributed by atoms with Crippen molar-refractivity contribution in [2.24, 2.45) is 0 Å². The summed E-state index contributed by atoms with van der Waals surface area (Å²) in [6, 6.07) is 13.9. The van der Waals surface area contributed by atoms with E-state index < -0.39 is 5.97 Å². The summed E-state index contributed by atoms with van der Waals surface area (Å²) in [7, 11) is 0. The molecule has 0 bridgehead atoms. The highest BCUT2D eigenvalue weighted by Gasteiger charge is 2.18. The number of hydrogen-bond acceptors (Lipinski definition) is 5. The fraction of sp³-hybridized carbons (Fsp3) is 0.227. The van der Waals surface area contributed by atoms with Crippen LogP contribution < -0.4 is 0 Å². The second kappa shape index (κ2) is 9.43. The molecule has 0 saturated carbocycles. The molecule has 0 aliphatic carbocycles. The number of rotatable bonds is 7. The number of benzene rings is 2. The van der Waals surface area contributed by atoms with Crippen molar-refractivity contribution < 1.29 is 18.7 Å². The van der Waals surface area contributed by atoms with E-state index in [9.17, 15) is 14.0 Å². The Morgan fingerprint density at radius 2 is 1.93 bits per heavy atom. The molecule has 0 saturated heterocycles. The van der Waals surface area contributed by atoms with Crippen LogP contribution in [0.1, 0.15) is 28.5 Å². The number of ether oxygens (including phenoxy) is 1. The lowest BCUT2D eigenvalue weighted by Crippen LogP contribution is -2.34. The number of carbonyl (C=O) groups excluding carboxylic acids is 2. The van der Waals surface area contributed by atoms with E-state index in [1.54, 1.807) is 17.5 Å². The zero-order chi connectivity index (χ0) is 20.8. The van der Waals surface area contributed by atoms with Crippen LogP contribution in [0.4, 0.5) is 4.39 Å². The number of aryl methyl sites for hydroxylation is 1. The van der Waals surface area contributed by atoms with Crippen molar-refractivity contribution >= 4 is 23.2 Å². The predicted octanol–water partition coefficient (Wildman–Crippen LogP) is 4.46. The smallest absolute Gasteiger partial charge is 0.358 e. The Hall–Kier alpha value is -3.06. The average Bonchev–Trinajstić information content (AvgIpc) is 3.21. The van der Waals surface area contributed by atoms with Gasteiger partial charge in [0.1, 0.15) is 10.8 Å². The molecule has 0 fully saturated rings. The minimum absolute atomic E-state index is 0.173. The van der Waals surface area contributed by atoms with E-state index in [2.05, 4.69) is 4.98 Å². The van der Waals surface area contributed by atoms with E-state index in [1.165, 1.54) is 28.4 Å². The van der Waals surface area contributed by atoms with Gasteiger partial charge >= 0.3 is 5.97 Å². The monoisotopic (exact) mass is 412 g/mol. The number of likely N-dealkylation sites (N-methyl/N-ethyl adjacent to an activating group) is 1.